The van der Waals surface area contributed by atoms with E-state index in [-0.39, 0.29) is 18.0 Å². The van der Waals surface area contributed by atoms with Crippen LogP contribution in [-0.4, -0.2) is 16.9 Å². The molecule has 0 saturated carbocycles. The van der Waals surface area contributed by atoms with Gasteiger partial charge in [-0.1, -0.05) is 17.7 Å². The van der Waals surface area contributed by atoms with E-state index in [1.54, 1.807) is 25.1 Å². The van der Waals surface area contributed by atoms with Crippen LogP contribution in [0.2, 0.25) is 5.02 Å². The first-order valence-electron chi connectivity index (χ1n) is 5.56. The topological polar surface area (TPSA) is 77.2 Å². The fourth-order valence-corrected chi connectivity index (χ4v) is 2.40. The number of hydrogen-bond donors (Lipinski definition) is 2. The summed E-state index contributed by atoms with van der Waals surface area (Å²) in [6, 6.07) is 7.14. The van der Waals surface area contributed by atoms with Crippen LogP contribution in [0.25, 0.3) is 0 Å². The molecule has 0 fully saturated rings. The van der Waals surface area contributed by atoms with Crippen LogP contribution in [0.1, 0.15) is 17.3 Å². The van der Waals surface area contributed by atoms with Crippen molar-refractivity contribution in [3.63, 3.8) is 0 Å². The highest BCUT2D eigenvalue weighted by Gasteiger charge is 2.20. The van der Waals surface area contributed by atoms with E-state index in [0.29, 0.717) is 10.0 Å². The smallest absolute Gasteiger partial charge is 0.345 e. The predicted octanol–water partition coefficient (Wildman–Crippen LogP) is 3.30. The molecule has 0 amide bonds. The average Bonchev–Trinajstić information content (AvgIpc) is 2.71. The van der Waals surface area contributed by atoms with Crippen LogP contribution >= 0.6 is 23.1 Å². The Morgan fingerprint density at radius 2 is 2.37 bits per heavy atom. The maximum atomic E-state index is 11.8. The van der Waals surface area contributed by atoms with E-state index in [4.69, 9.17) is 22.1 Å². The van der Waals surface area contributed by atoms with E-state index in [0.717, 1.165) is 17.2 Å². The molecular weight excluding hydrogens is 286 g/mol. The lowest BCUT2D eigenvalue weighted by molar-refractivity contribution is 0.0529. The number of aromatic nitrogens is 1. The number of nitrogen functional groups attached to an aromatic ring is 1. The monoisotopic (exact) mass is 297 g/mol. The number of anilines is 3. The minimum absolute atomic E-state index is 0.160. The second kappa shape index (κ2) is 5.90. The Bertz CT molecular complexity index is 600. The summed E-state index contributed by atoms with van der Waals surface area (Å²) in [6.07, 6.45) is 0. The van der Waals surface area contributed by atoms with E-state index in [1.165, 1.54) is 0 Å². The number of ether oxygens (including phenoxy) is 1. The number of halogens is 1. The molecule has 0 bridgehead atoms. The lowest BCUT2D eigenvalue weighted by Crippen LogP contribution is -2.08. The van der Waals surface area contributed by atoms with E-state index in [9.17, 15) is 4.79 Å². The quantitative estimate of drug-likeness (QED) is 0.847. The van der Waals surface area contributed by atoms with Crippen LogP contribution in [0, 0.1) is 0 Å². The zero-order chi connectivity index (χ0) is 13.8. The zero-order valence-corrected chi connectivity index (χ0v) is 11.7. The first-order valence-corrected chi connectivity index (χ1v) is 6.71. The third kappa shape index (κ3) is 3.15. The van der Waals surface area contributed by atoms with Gasteiger partial charge >= 0.3 is 5.97 Å². The Morgan fingerprint density at radius 1 is 1.58 bits per heavy atom. The molecule has 2 aromatic rings. The normalized spacial score (nSPS) is 10.2. The van der Waals surface area contributed by atoms with E-state index in [1.807, 2.05) is 6.07 Å². The van der Waals surface area contributed by atoms with Crippen LogP contribution in [0.15, 0.2) is 24.3 Å². The lowest BCUT2D eigenvalue weighted by atomic mass is 10.3. The summed E-state index contributed by atoms with van der Waals surface area (Å²) < 4.78 is 8.91. The molecule has 5 nitrogen and oxygen atoms in total. The molecule has 0 aliphatic heterocycles. The number of nitrogens with one attached hydrogen (secondary N) is 1. The lowest BCUT2D eigenvalue weighted by Gasteiger charge is -2.06. The fourth-order valence-electron chi connectivity index (χ4n) is 1.49. The predicted molar refractivity (Wildman–Crippen MR) is 77.2 cm³/mol. The third-order valence-electron chi connectivity index (χ3n) is 2.28. The van der Waals surface area contributed by atoms with Crippen LogP contribution in [0.4, 0.5) is 16.5 Å². The number of benzene rings is 1. The SMILES string of the molecule is CCOC(=O)c1c(N)nsc1Nc1cccc(Cl)c1. The van der Waals surface area contributed by atoms with Crippen molar-refractivity contribution >= 4 is 45.6 Å². The first kappa shape index (κ1) is 13.6. The molecule has 0 radical (unpaired) electrons. The Labute approximate surface area is 119 Å². The van der Waals surface area contributed by atoms with Crippen molar-refractivity contribution < 1.29 is 9.53 Å². The van der Waals surface area contributed by atoms with E-state index >= 15 is 0 Å². The number of carbonyl (C=O) groups excluding carboxylic acids is 1. The van der Waals surface area contributed by atoms with E-state index < -0.39 is 5.97 Å². The molecule has 0 aliphatic rings. The molecule has 0 spiro atoms. The maximum absolute atomic E-state index is 11.8. The highest BCUT2D eigenvalue weighted by Crippen LogP contribution is 2.31. The van der Waals surface area contributed by atoms with Gasteiger partial charge in [0, 0.05) is 10.7 Å². The van der Waals surface area contributed by atoms with Gasteiger partial charge in [0.05, 0.1) is 6.61 Å². The minimum atomic E-state index is -0.488. The van der Waals surface area contributed by atoms with Crippen molar-refractivity contribution in [2.24, 2.45) is 0 Å². The molecule has 1 heterocycles. The Hall–Kier alpha value is -1.79. The number of hydrogen-bond acceptors (Lipinski definition) is 6. The molecule has 2 rings (SSSR count). The number of nitrogens with two attached hydrogens (primary N) is 1. The van der Waals surface area contributed by atoms with Gasteiger partial charge in [-0.15, -0.1) is 0 Å². The molecule has 1 aromatic heterocycles. The molecule has 0 unspecified atom stereocenters. The van der Waals surface area contributed by atoms with Crippen molar-refractivity contribution in [3.8, 4) is 0 Å². The highest BCUT2D eigenvalue weighted by molar-refractivity contribution is 7.11. The highest BCUT2D eigenvalue weighted by atomic mass is 35.5. The number of nitrogens with zero attached hydrogens (tertiary/aromatic N) is 1. The summed E-state index contributed by atoms with van der Waals surface area (Å²) in [5.74, 6) is -0.328. The second-order valence-electron chi connectivity index (χ2n) is 3.63. The van der Waals surface area contributed by atoms with Gasteiger partial charge in [-0.25, -0.2) is 4.79 Å². The van der Waals surface area contributed by atoms with Gasteiger partial charge in [0.25, 0.3) is 0 Å². The number of rotatable bonds is 4. The summed E-state index contributed by atoms with van der Waals surface area (Å²) in [5.41, 5.74) is 6.70. The zero-order valence-electron chi connectivity index (χ0n) is 10.1. The summed E-state index contributed by atoms with van der Waals surface area (Å²) in [7, 11) is 0. The molecule has 0 atom stereocenters. The number of esters is 1. The van der Waals surface area contributed by atoms with Crippen LogP contribution in [0.3, 0.4) is 0 Å². The van der Waals surface area contributed by atoms with Crippen LogP contribution in [-0.2, 0) is 4.74 Å². The largest absolute Gasteiger partial charge is 0.462 e. The Morgan fingerprint density at radius 3 is 3.05 bits per heavy atom. The van der Waals surface area contributed by atoms with Gasteiger partial charge < -0.3 is 15.8 Å². The summed E-state index contributed by atoms with van der Waals surface area (Å²) >= 11 is 7.00. The minimum Gasteiger partial charge on any atom is -0.462 e. The van der Waals surface area contributed by atoms with Crippen molar-refractivity contribution in [2.75, 3.05) is 17.7 Å². The van der Waals surface area contributed by atoms with Gasteiger partial charge in [0.15, 0.2) is 5.82 Å². The van der Waals surface area contributed by atoms with E-state index in [2.05, 4.69) is 9.69 Å². The summed E-state index contributed by atoms with van der Waals surface area (Å²) in [6.45, 7) is 2.02. The summed E-state index contributed by atoms with van der Waals surface area (Å²) in [4.78, 5) is 11.8. The average molecular weight is 298 g/mol. The van der Waals surface area contributed by atoms with Crippen molar-refractivity contribution in [1.82, 2.24) is 4.37 Å². The van der Waals surface area contributed by atoms with Crippen molar-refractivity contribution in [1.29, 1.82) is 0 Å². The number of carbonyl (C=O) groups is 1. The Kier molecular flexibility index (Phi) is 4.24. The molecule has 0 saturated heterocycles. The second-order valence-corrected chi connectivity index (χ2v) is 4.84. The molecule has 100 valence electrons. The first-order chi connectivity index (χ1) is 9.11. The summed E-state index contributed by atoms with van der Waals surface area (Å²) in [5, 5.41) is 4.20. The van der Waals surface area contributed by atoms with Crippen LogP contribution < -0.4 is 11.1 Å². The van der Waals surface area contributed by atoms with Gasteiger partial charge in [0.1, 0.15) is 10.6 Å². The Balaban J connectivity index is 2.28. The fraction of sp³-hybridized carbons (Fsp3) is 0.167. The molecule has 3 N–H and O–H groups in total. The molecule has 19 heavy (non-hydrogen) atoms. The molecule has 7 heteroatoms. The van der Waals surface area contributed by atoms with Gasteiger partial charge in [-0.3, -0.25) is 0 Å². The maximum Gasteiger partial charge on any atom is 0.345 e. The van der Waals surface area contributed by atoms with Crippen molar-refractivity contribution in [2.45, 2.75) is 6.92 Å². The third-order valence-corrected chi connectivity index (χ3v) is 3.29. The van der Waals surface area contributed by atoms with Crippen LogP contribution in [0.5, 0.6) is 0 Å². The van der Waals surface area contributed by atoms with Gasteiger partial charge in [-0.05, 0) is 36.7 Å². The van der Waals surface area contributed by atoms with Gasteiger partial charge in [-0.2, -0.15) is 4.37 Å². The molecule has 1 aromatic carbocycles. The standard InChI is InChI=1S/C12H12ClN3O2S/c1-2-18-12(17)9-10(14)16-19-11(9)15-8-5-3-4-7(13)6-8/h3-6,15H,2H2,1H3,(H2,14,16). The van der Waals surface area contributed by atoms with Crippen molar-refractivity contribution in [3.05, 3.63) is 34.9 Å². The molecular formula is C12H12ClN3O2S. The molecule has 0 aliphatic carbocycles. The van der Waals surface area contributed by atoms with Gasteiger partial charge in [0.2, 0.25) is 0 Å².